The highest BCUT2D eigenvalue weighted by Crippen LogP contribution is 2.40. The van der Waals surface area contributed by atoms with Crippen molar-refractivity contribution in [2.45, 2.75) is 52.6 Å². The van der Waals surface area contributed by atoms with Crippen LogP contribution in [0, 0.1) is 17.3 Å². The van der Waals surface area contributed by atoms with E-state index in [2.05, 4.69) is 26.1 Å². The molecule has 166 valence electrons. The van der Waals surface area contributed by atoms with Crippen LogP contribution in [0.25, 0.3) is 0 Å². The van der Waals surface area contributed by atoms with Crippen molar-refractivity contribution in [1.82, 2.24) is 0 Å². The Hall–Kier alpha value is -2.04. The average Bonchev–Trinajstić information content (AvgIpc) is 2.71. The number of carbonyl (C=O) groups excluding carboxylic acids is 2. The smallest absolute Gasteiger partial charge is 0.310 e. The lowest BCUT2D eigenvalue weighted by Gasteiger charge is -2.36. The monoisotopic (exact) mass is 461 g/mol. The van der Waals surface area contributed by atoms with Crippen LogP contribution < -0.4 is 5.32 Å². The normalized spacial score (nSPS) is 20.0. The van der Waals surface area contributed by atoms with Gasteiger partial charge in [0.05, 0.1) is 5.92 Å². The number of halogens is 2. The fraction of sp³-hybridized carbons (Fsp3) is 0.440. The number of rotatable bonds is 5. The Morgan fingerprint density at radius 1 is 0.968 bits per heavy atom. The molecule has 6 heteroatoms. The Bertz CT molecular complexity index is 896. The molecule has 0 heterocycles. The second-order valence-electron chi connectivity index (χ2n) is 9.29. The zero-order valence-corrected chi connectivity index (χ0v) is 19.7. The molecule has 1 atom stereocenters. The molecule has 1 amide bonds. The lowest BCUT2D eigenvalue weighted by atomic mass is 9.70. The Labute approximate surface area is 194 Å². The molecule has 0 radical (unpaired) electrons. The van der Waals surface area contributed by atoms with Gasteiger partial charge in [-0.2, -0.15) is 0 Å². The molecule has 3 rings (SSSR count). The van der Waals surface area contributed by atoms with E-state index in [4.69, 9.17) is 27.9 Å². The number of anilines is 1. The van der Waals surface area contributed by atoms with E-state index in [-0.39, 0.29) is 17.3 Å². The summed E-state index contributed by atoms with van der Waals surface area (Å²) >= 11 is 12.1. The zero-order chi connectivity index (χ0) is 22.6. The minimum atomic E-state index is -1.05. The summed E-state index contributed by atoms with van der Waals surface area (Å²) in [5, 5.41) is 3.59. The van der Waals surface area contributed by atoms with Gasteiger partial charge in [0.2, 0.25) is 6.10 Å². The van der Waals surface area contributed by atoms with Gasteiger partial charge in [-0.25, -0.2) is 0 Å². The molecule has 2 aromatic rings. The molecule has 1 N–H and O–H groups in total. The molecule has 0 unspecified atom stereocenters. The summed E-state index contributed by atoms with van der Waals surface area (Å²) in [6.45, 7) is 6.73. The van der Waals surface area contributed by atoms with Gasteiger partial charge in [0.1, 0.15) is 0 Å². The number of esters is 1. The van der Waals surface area contributed by atoms with Crippen molar-refractivity contribution in [2.24, 2.45) is 17.3 Å². The molecule has 1 aliphatic rings. The quantitative estimate of drug-likeness (QED) is 0.484. The molecule has 0 bridgehead atoms. The van der Waals surface area contributed by atoms with Crippen LogP contribution >= 0.6 is 23.2 Å². The number of nitrogens with one attached hydrogen (secondary N) is 1. The van der Waals surface area contributed by atoms with Gasteiger partial charge in [-0.15, -0.1) is 0 Å². The topological polar surface area (TPSA) is 55.4 Å². The predicted octanol–water partition coefficient (Wildman–Crippen LogP) is 7.07. The van der Waals surface area contributed by atoms with E-state index in [1.165, 1.54) is 0 Å². The maximum Gasteiger partial charge on any atom is 0.310 e. The summed E-state index contributed by atoms with van der Waals surface area (Å²) in [6.07, 6.45) is 2.51. The first-order valence-corrected chi connectivity index (χ1v) is 11.4. The van der Waals surface area contributed by atoms with Gasteiger partial charge in [0.25, 0.3) is 5.91 Å². The van der Waals surface area contributed by atoms with Crippen LogP contribution in [-0.4, -0.2) is 11.9 Å². The first-order valence-electron chi connectivity index (χ1n) is 10.7. The van der Waals surface area contributed by atoms with Gasteiger partial charge in [-0.3, -0.25) is 9.59 Å². The van der Waals surface area contributed by atoms with E-state index >= 15 is 0 Å². The molecular weight excluding hydrogens is 433 g/mol. The number of benzene rings is 2. The van der Waals surface area contributed by atoms with Gasteiger partial charge < -0.3 is 10.1 Å². The third-order valence-corrected chi connectivity index (χ3v) is 6.43. The molecular formula is C25H29Cl2NO3. The SMILES string of the molecule is CC(C)(C)C1CCC(C(=O)O[C@@H](C(=O)Nc2cc(Cl)cc(Cl)c2)c2ccccc2)CC1. The van der Waals surface area contributed by atoms with Crippen molar-refractivity contribution in [2.75, 3.05) is 5.32 Å². The van der Waals surface area contributed by atoms with E-state index in [0.717, 1.165) is 25.7 Å². The van der Waals surface area contributed by atoms with Crippen LogP contribution in [0.15, 0.2) is 48.5 Å². The highest BCUT2D eigenvalue weighted by molar-refractivity contribution is 6.35. The van der Waals surface area contributed by atoms with Gasteiger partial charge in [0, 0.05) is 21.3 Å². The molecule has 4 nitrogen and oxygen atoms in total. The number of ether oxygens (including phenoxy) is 1. The van der Waals surface area contributed by atoms with Crippen molar-refractivity contribution in [3.05, 3.63) is 64.1 Å². The third kappa shape index (κ3) is 6.47. The van der Waals surface area contributed by atoms with Crippen LogP contribution in [0.5, 0.6) is 0 Å². The van der Waals surface area contributed by atoms with Crippen LogP contribution in [0.2, 0.25) is 10.0 Å². The third-order valence-electron chi connectivity index (χ3n) is 5.99. The van der Waals surface area contributed by atoms with Crippen LogP contribution in [0.1, 0.15) is 58.1 Å². The molecule has 0 spiro atoms. The van der Waals surface area contributed by atoms with E-state index in [1.807, 2.05) is 18.2 Å². The molecule has 0 aromatic heterocycles. The minimum absolute atomic E-state index is 0.182. The van der Waals surface area contributed by atoms with Gasteiger partial charge >= 0.3 is 5.97 Å². The summed E-state index contributed by atoms with van der Waals surface area (Å²) < 4.78 is 5.77. The van der Waals surface area contributed by atoms with Gasteiger partial charge in [-0.1, -0.05) is 74.3 Å². The number of amides is 1. The molecule has 0 aliphatic heterocycles. The molecule has 31 heavy (non-hydrogen) atoms. The highest BCUT2D eigenvalue weighted by Gasteiger charge is 2.35. The summed E-state index contributed by atoms with van der Waals surface area (Å²) in [5.41, 5.74) is 1.30. The van der Waals surface area contributed by atoms with E-state index in [9.17, 15) is 9.59 Å². The second kappa shape index (κ2) is 10.1. The summed E-state index contributed by atoms with van der Waals surface area (Å²) in [4.78, 5) is 26.0. The van der Waals surface area contributed by atoms with Crippen molar-refractivity contribution in [1.29, 1.82) is 0 Å². The minimum Gasteiger partial charge on any atom is -0.447 e. The largest absolute Gasteiger partial charge is 0.447 e. The van der Waals surface area contributed by atoms with Crippen LogP contribution in [0.4, 0.5) is 5.69 Å². The highest BCUT2D eigenvalue weighted by atomic mass is 35.5. The maximum absolute atomic E-state index is 13.1. The molecule has 2 aromatic carbocycles. The first-order chi connectivity index (χ1) is 14.6. The van der Waals surface area contributed by atoms with Crippen molar-refractivity contribution < 1.29 is 14.3 Å². The van der Waals surface area contributed by atoms with E-state index < -0.39 is 12.0 Å². The van der Waals surface area contributed by atoms with Gasteiger partial charge in [-0.05, 0) is 55.2 Å². The van der Waals surface area contributed by atoms with E-state index in [1.54, 1.807) is 30.3 Å². The molecule has 1 saturated carbocycles. The van der Waals surface area contributed by atoms with Crippen molar-refractivity contribution >= 4 is 40.8 Å². The fourth-order valence-electron chi connectivity index (χ4n) is 4.14. The fourth-order valence-corrected chi connectivity index (χ4v) is 4.67. The molecule has 0 saturated heterocycles. The number of hydrogen-bond acceptors (Lipinski definition) is 3. The summed E-state index contributed by atoms with van der Waals surface area (Å²) in [6, 6.07) is 13.8. The van der Waals surface area contributed by atoms with E-state index in [0.29, 0.717) is 27.2 Å². The summed E-state index contributed by atoms with van der Waals surface area (Å²) in [7, 11) is 0. The lowest BCUT2D eigenvalue weighted by Crippen LogP contribution is -2.32. The maximum atomic E-state index is 13.1. The predicted molar refractivity (Wildman–Crippen MR) is 125 cm³/mol. The number of hydrogen-bond donors (Lipinski definition) is 1. The zero-order valence-electron chi connectivity index (χ0n) is 18.2. The Kier molecular flexibility index (Phi) is 7.66. The molecule has 1 aliphatic carbocycles. The number of carbonyl (C=O) groups is 2. The Balaban J connectivity index is 1.72. The van der Waals surface area contributed by atoms with Crippen molar-refractivity contribution in [3.63, 3.8) is 0 Å². The average molecular weight is 462 g/mol. The van der Waals surface area contributed by atoms with Crippen LogP contribution in [-0.2, 0) is 14.3 Å². The second-order valence-corrected chi connectivity index (χ2v) is 10.2. The standard InChI is InChI=1S/C25H29Cl2NO3/c1-25(2,3)18-11-9-17(10-12-18)24(30)31-22(16-7-5-4-6-8-16)23(29)28-21-14-19(26)13-20(27)15-21/h4-8,13-15,17-18,22H,9-12H2,1-3H3,(H,28,29)/t17?,18?,22-/m1/s1. The Morgan fingerprint density at radius 2 is 1.55 bits per heavy atom. The molecule has 1 fully saturated rings. The Morgan fingerprint density at radius 3 is 2.10 bits per heavy atom. The van der Waals surface area contributed by atoms with Crippen LogP contribution in [0.3, 0.4) is 0 Å². The lowest BCUT2D eigenvalue weighted by molar-refractivity contribution is -0.160. The summed E-state index contributed by atoms with van der Waals surface area (Å²) in [5.74, 6) is -0.350. The first kappa shape index (κ1) is 23.6. The van der Waals surface area contributed by atoms with Gasteiger partial charge in [0.15, 0.2) is 0 Å². The van der Waals surface area contributed by atoms with Crippen molar-refractivity contribution in [3.8, 4) is 0 Å².